The molecule has 0 saturated carbocycles. The van der Waals surface area contributed by atoms with Crippen LogP contribution in [0.3, 0.4) is 0 Å². The molecule has 2 aromatic rings. The molecule has 21 heavy (non-hydrogen) atoms. The Morgan fingerprint density at radius 1 is 1.33 bits per heavy atom. The third-order valence-electron chi connectivity index (χ3n) is 3.17. The number of rotatable bonds is 8. The smallest absolute Gasteiger partial charge is 0.124 e. The predicted octanol–water partition coefficient (Wildman–Crippen LogP) is 3.12. The molecule has 1 N–H and O–H groups in total. The van der Waals surface area contributed by atoms with Crippen LogP contribution in [0.2, 0.25) is 0 Å². The molecule has 0 aliphatic rings. The first kappa shape index (κ1) is 15.5. The van der Waals surface area contributed by atoms with Crippen LogP contribution >= 0.6 is 0 Å². The number of aromatic nitrogens is 2. The zero-order chi connectivity index (χ0) is 15.1. The van der Waals surface area contributed by atoms with Gasteiger partial charge in [0.1, 0.15) is 18.2 Å². The maximum Gasteiger partial charge on any atom is 0.124 e. The van der Waals surface area contributed by atoms with Crippen molar-refractivity contribution in [3.63, 3.8) is 0 Å². The quantitative estimate of drug-likeness (QED) is 0.760. The Morgan fingerprint density at radius 3 is 2.90 bits per heavy atom. The predicted molar refractivity (Wildman–Crippen MR) is 80.6 cm³/mol. The summed E-state index contributed by atoms with van der Waals surface area (Å²) in [6.07, 6.45) is 4.79. The van der Waals surface area contributed by atoms with Crippen LogP contribution in [0.25, 0.3) is 0 Å². The SMILES string of the molecule is CCCNCc1cc(F)ccc1OCc1cnn(CC)c1. The normalized spacial score (nSPS) is 10.8. The maximum absolute atomic E-state index is 13.4. The van der Waals surface area contributed by atoms with Gasteiger partial charge in [0.05, 0.1) is 6.20 Å². The molecule has 0 fully saturated rings. The molecular weight excluding hydrogens is 269 g/mol. The van der Waals surface area contributed by atoms with Crippen molar-refractivity contribution in [2.24, 2.45) is 0 Å². The van der Waals surface area contributed by atoms with Gasteiger partial charge < -0.3 is 10.1 Å². The molecule has 114 valence electrons. The second kappa shape index (κ2) is 7.78. The molecule has 1 aromatic heterocycles. The standard InChI is InChI=1S/C16H22FN3O/c1-3-7-18-10-14-8-15(17)5-6-16(14)21-12-13-9-19-20(4-2)11-13/h5-6,8-9,11,18H,3-4,7,10,12H2,1-2H3. The van der Waals surface area contributed by atoms with Crippen molar-refractivity contribution in [3.05, 3.63) is 47.5 Å². The van der Waals surface area contributed by atoms with Crippen LogP contribution in [0, 0.1) is 5.82 Å². The van der Waals surface area contributed by atoms with Crippen LogP contribution in [0.1, 0.15) is 31.4 Å². The highest BCUT2D eigenvalue weighted by atomic mass is 19.1. The fourth-order valence-electron chi connectivity index (χ4n) is 2.04. The van der Waals surface area contributed by atoms with Gasteiger partial charge in [0.25, 0.3) is 0 Å². The second-order valence-electron chi connectivity index (χ2n) is 4.92. The number of hydrogen-bond acceptors (Lipinski definition) is 3. The Labute approximate surface area is 124 Å². The first-order valence-corrected chi connectivity index (χ1v) is 7.36. The Balaban J connectivity index is 2.00. The first-order chi connectivity index (χ1) is 10.2. The molecule has 2 rings (SSSR count). The van der Waals surface area contributed by atoms with E-state index >= 15 is 0 Å². The van der Waals surface area contributed by atoms with Gasteiger partial charge in [-0.15, -0.1) is 0 Å². The molecule has 0 aliphatic carbocycles. The summed E-state index contributed by atoms with van der Waals surface area (Å²) in [6.45, 7) is 6.92. The monoisotopic (exact) mass is 291 g/mol. The van der Waals surface area contributed by atoms with Crippen LogP contribution < -0.4 is 10.1 Å². The lowest BCUT2D eigenvalue weighted by molar-refractivity contribution is 0.301. The van der Waals surface area contributed by atoms with E-state index in [1.807, 2.05) is 17.8 Å². The van der Waals surface area contributed by atoms with Gasteiger partial charge in [-0.3, -0.25) is 4.68 Å². The van der Waals surface area contributed by atoms with Gasteiger partial charge in [-0.1, -0.05) is 6.92 Å². The number of halogens is 1. The Morgan fingerprint density at radius 2 is 2.19 bits per heavy atom. The molecule has 0 bridgehead atoms. The number of nitrogens with zero attached hydrogens (tertiary/aromatic N) is 2. The number of aryl methyl sites for hydroxylation is 1. The zero-order valence-corrected chi connectivity index (χ0v) is 12.6. The van der Waals surface area contributed by atoms with E-state index in [9.17, 15) is 4.39 Å². The van der Waals surface area contributed by atoms with Gasteiger partial charge in [0.2, 0.25) is 0 Å². The van der Waals surface area contributed by atoms with E-state index in [4.69, 9.17) is 4.74 Å². The molecule has 4 nitrogen and oxygen atoms in total. The highest BCUT2D eigenvalue weighted by Gasteiger charge is 2.06. The van der Waals surface area contributed by atoms with Gasteiger partial charge in [-0.2, -0.15) is 5.10 Å². The molecule has 1 heterocycles. The summed E-state index contributed by atoms with van der Waals surface area (Å²) >= 11 is 0. The minimum atomic E-state index is -0.241. The van der Waals surface area contributed by atoms with Crippen LogP contribution in [-0.2, 0) is 19.7 Å². The van der Waals surface area contributed by atoms with Crippen LogP contribution in [0.15, 0.2) is 30.6 Å². The maximum atomic E-state index is 13.4. The van der Waals surface area contributed by atoms with Crippen molar-refractivity contribution in [2.45, 2.75) is 40.0 Å². The van der Waals surface area contributed by atoms with Gasteiger partial charge in [-0.05, 0) is 38.1 Å². The molecule has 0 amide bonds. The van der Waals surface area contributed by atoms with E-state index in [-0.39, 0.29) is 5.82 Å². The third kappa shape index (κ3) is 4.56. The van der Waals surface area contributed by atoms with Crippen LogP contribution in [-0.4, -0.2) is 16.3 Å². The minimum Gasteiger partial charge on any atom is -0.488 e. The van der Waals surface area contributed by atoms with Crippen molar-refractivity contribution in [2.75, 3.05) is 6.54 Å². The third-order valence-corrected chi connectivity index (χ3v) is 3.17. The molecule has 0 radical (unpaired) electrons. The molecule has 0 saturated heterocycles. The highest BCUT2D eigenvalue weighted by molar-refractivity contribution is 5.34. The Kier molecular flexibility index (Phi) is 5.75. The number of nitrogens with one attached hydrogen (secondary N) is 1. The lowest BCUT2D eigenvalue weighted by Gasteiger charge is -2.11. The molecule has 1 aromatic carbocycles. The fraction of sp³-hybridized carbons (Fsp3) is 0.438. The first-order valence-electron chi connectivity index (χ1n) is 7.36. The van der Waals surface area contributed by atoms with Crippen molar-refractivity contribution in [3.8, 4) is 5.75 Å². The lowest BCUT2D eigenvalue weighted by Crippen LogP contribution is -2.14. The fourth-order valence-corrected chi connectivity index (χ4v) is 2.04. The molecular formula is C16H22FN3O. The average molecular weight is 291 g/mol. The average Bonchev–Trinajstić information content (AvgIpc) is 2.95. The van der Waals surface area contributed by atoms with Crippen LogP contribution in [0.5, 0.6) is 5.75 Å². The number of hydrogen-bond donors (Lipinski definition) is 1. The summed E-state index contributed by atoms with van der Waals surface area (Å²) in [6, 6.07) is 4.63. The van der Waals surface area contributed by atoms with E-state index in [2.05, 4.69) is 17.3 Å². The van der Waals surface area contributed by atoms with E-state index in [1.54, 1.807) is 12.3 Å². The summed E-state index contributed by atoms with van der Waals surface area (Å²) < 4.78 is 21.0. The molecule has 0 atom stereocenters. The summed E-state index contributed by atoms with van der Waals surface area (Å²) in [5.74, 6) is 0.471. The topological polar surface area (TPSA) is 39.1 Å². The molecule has 0 spiro atoms. The molecule has 0 unspecified atom stereocenters. The van der Waals surface area contributed by atoms with E-state index in [0.717, 1.165) is 30.6 Å². The summed E-state index contributed by atoms with van der Waals surface area (Å²) in [7, 11) is 0. The minimum absolute atomic E-state index is 0.241. The van der Waals surface area contributed by atoms with Gasteiger partial charge >= 0.3 is 0 Å². The van der Waals surface area contributed by atoms with Gasteiger partial charge in [-0.25, -0.2) is 4.39 Å². The van der Waals surface area contributed by atoms with Gasteiger partial charge in [0.15, 0.2) is 0 Å². The van der Waals surface area contributed by atoms with E-state index in [0.29, 0.717) is 18.9 Å². The number of ether oxygens (including phenoxy) is 1. The van der Waals surface area contributed by atoms with E-state index in [1.165, 1.54) is 12.1 Å². The number of benzene rings is 1. The Bertz CT molecular complexity index is 568. The van der Waals surface area contributed by atoms with Crippen molar-refractivity contribution < 1.29 is 9.13 Å². The second-order valence-corrected chi connectivity index (χ2v) is 4.92. The summed E-state index contributed by atoms with van der Waals surface area (Å²) in [5, 5.41) is 7.48. The van der Waals surface area contributed by atoms with Crippen molar-refractivity contribution >= 4 is 0 Å². The van der Waals surface area contributed by atoms with Crippen LogP contribution in [0.4, 0.5) is 4.39 Å². The zero-order valence-electron chi connectivity index (χ0n) is 12.6. The van der Waals surface area contributed by atoms with Gasteiger partial charge in [0, 0.05) is 30.4 Å². The molecule has 0 aliphatic heterocycles. The summed E-state index contributed by atoms with van der Waals surface area (Å²) in [5.41, 5.74) is 1.85. The summed E-state index contributed by atoms with van der Waals surface area (Å²) in [4.78, 5) is 0. The van der Waals surface area contributed by atoms with Crippen molar-refractivity contribution in [1.29, 1.82) is 0 Å². The largest absolute Gasteiger partial charge is 0.488 e. The lowest BCUT2D eigenvalue weighted by atomic mass is 10.2. The van der Waals surface area contributed by atoms with Crippen molar-refractivity contribution in [1.82, 2.24) is 15.1 Å². The molecule has 5 heteroatoms. The van der Waals surface area contributed by atoms with E-state index < -0.39 is 0 Å². The Hall–Kier alpha value is -1.88. The highest BCUT2D eigenvalue weighted by Crippen LogP contribution is 2.21.